The van der Waals surface area contributed by atoms with Gasteiger partial charge in [-0.05, 0) is 33.8 Å². The van der Waals surface area contributed by atoms with Gasteiger partial charge in [0.2, 0.25) is 0 Å². The summed E-state index contributed by atoms with van der Waals surface area (Å²) < 4.78 is 5.44. The van der Waals surface area contributed by atoms with Gasteiger partial charge in [0.25, 0.3) is 0 Å². The van der Waals surface area contributed by atoms with Crippen LogP contribution in [0.3, 0.4) is 0 Å². The zero-order valence-corrected chi connectivity index (χ0v) is 8.31. The topological polar surface area (TPSA) is 21.3 Å². The van der Waals surface area contributed by atoms with Crippen LogP contribution in [0, 0.1) is 0 Å². The fraction of sp³-hybridized carbons (Fsp3) is 0.600. The lowest BCUT2D eigenvalue weighted by Crippen LogP contribution is -2.25. The Bertz CT molecular complexity index is 156. The Morgan fingerprint density at radius 1 is 1.50 bits per heavy atom. The van der Waals surface area contributed by atoms with Crippen molar-refractivity contribution in [2.75, 3.05) is 6.54 Å². The fourth-order valence-electron chi connectivity index (χ4n) is 0.719. The number of nitrogens with one attached hydrogen (secondary N) is 1. The van der Waals surface area contributed by atoms with Crippen molar-refractivity contribution in [1.29, 1.82) is 0 Å². The van der Waals surface area contributed by atoms with Crippen molar-refractivity contribution < 1.29 is 4.74 Å². The molecule has 0 unspecified atom stereocenters. The maximum atomic E-state index is 5.44. The lowest BCUT2D eigenvalue weighted by Gasteiger charge is -2.23. The molecule has 70 valence electrons. The first-order valence-corrected chi connectivity index (χ1v) is 4.18. The Labute approximate surface area is 75.3 Å². The van der Waals surface area contributed by atoms with Crippen LogP contribution in [-0.2, 0) is 4.74 Å². The lowest BCUT2D eigenvalue weighted by molar-refractivity contribution is 0.0418. The van der Waals surface area contributed by atoms with E-state index in [1.54, 1.807) is 0 Å². The molecule has 0 bridgehead atoms. The summed E-state index contributed by atoms with van der Waals surface area (Å²) in [6.45, 7) is 14.2. The average Bonchev–Trinajstić information content (AvgIpc) is 1.84. The van der Waals surface area contributed by atoms with Gasteiger partial charge in [0.15, 0.2) is 5.88 Å². The Kier molecular flexibility index (Phi) is 4.49. The quantitative estimate of drug-likeness (QED) is 0.388. The van der Waals surface area contributed by atoms with Crippen molar-refractivity contribution in [2.24, 2.45) is 0 Å². The van der Waals surface area contributed by atoms with E-state index in [9.17, 15) is 0 Å². The third-order valence-electron chi connectivity index (χ3n) is 1.10. The van der Waals surface area contributed by atoms with Crippen LogP contribution >= 0.6 is 0 Å². The minimum atomic E-state index is -0.168. The Morgan fingerprint density at radius 3 is 2.50 bits per heavy atom. The second-order valence-corrected chi connectivity index (χ2v) is 3.64. The molecule has 0 amide bonds. The number of hydrogen-bond donors (Lipinski definition) is 1. The third kappa shape index (κ3) is 7.19. The molecule has 0 aromatic carbocycles. The molecule has 0 aromatic rings. The predicted octanol–water partition coefficient (Wildman–Crippen LogP) is 2.44. The molecule has 0 rings (SSSR count). The number of rotatable bonds is 5. The summed E-state index contributed by atoms with van der Waals surface area (Å²) in [7, 11) is 0. The standard InChI is InChI=1S/C10H19NO/c1-6-7-8-11-9(2)12-10(3,4)5/h6,11H,1-2,7-8H2,3-5H3. The largest absolute Gasteiger partial charge is 0.474 e. The van der Waals surface area contributed by atoms with E-state index < -0.39 is 0 Å². The summed E-state index contributed by atoms with van der Waals surface area (Å²) in [5, 5.41) is 3.05. The molecule has 12 heavy (non-hydrogen) atoms. The van der Waals surface area contributed by atoms with Crippen LogP contribution in [0.4, 0.5) is 0 Å². The molecule has 0 aliphatic heterocycles. The number of hydrogen-bond acceptors (Lipinski definition) is 2. The van der Waals surface area contributed by atoms with Gasteiger partial charge in [0, 0.05) is 6.54 Å². The smallest absolute Gasteiger partial charge is 0.179 e. The van der Waals surface area contributed by atoms with Gasteiger partial charge in [0.1, 0.15) is 5.60 Å². The highest BCUT2D eigenvalue weighted by Gasteiger charge is 2.11. The van der Waals surface area contributed by atoms with Crippen LogP contribution < -0.4 is 5.32 Å². The van der Waals surface area contributed by atoms with Crippen molar-refractivity contribution in [3.8, 4) is 0 Å². The zero-order chi connectivity index (χ0) is 9.61. The molecule has 0 saturated heterocycles. The minimum Gasteiger partial charge on any atom is -0.474 e. The van der Waals surface area contributed by atoms with Crippen LogP contribution in [0.25, 0.3) is 0 Å². The predicted molar refractivity (Wildman–Crippen MR) is 52.8 cm³/mol. The van der Waals surface area contributed by atoms with Gasteiger partial charge in [-0.1, -0.05) is 6.08 Å². The van der Waals surface area contributed by atoms with Crippen LogP contribution in [0.15, 0.2) is 25.1 Å². The van der Waals surface area contributed by atoms with E-state index in [0.717, 1.165) is 13.0 Å². The summed E-state index contributed by atoms with van der Waals surface area (Å²) in [5.74, 6) is 0.629. The Balaban J connectivity index is 3.53. The minimum absolute atomic E-state index is 0.168. The molecule has 0 fully saturated rings. The highest BCUT2D eigenvalue weighted by atomic mass is 16.5. The van der Waals surface area contributed by atoms with Gasteiger partial charge in [-0.3, -0.25) is 0 Å². The van der Waals surface area contributed by atoms with Crippen LogP contribution in [0.1, 0.15) is 27.2 Å². The van der Waals surface area contributed by atoms with Crippen molar-refractivity contribution in [2.45, 2.75) is 32.8 Å². The molecule has 2 nitrogen and oxygen atoms in total. The molecule has 0 radical (unpaired) electrons. The summed E-state index contributed by atoms with van der Waals surface area (Å²) in [4.78, 5) is 0. The van der Waals surface area contributed by atoms with E-state index in [1.807, 2.05) is 26.8 Å². The van der Waals surface area contributed by atoms with E-state index in [0.29, 0.717) is 5.88 Å². The molecule has 0 aromatic heterocycles. The zero-order valence-electron chi connectivity index (χ0n) is 8.31. The molecular weight excluding hydrogens is 150 g/mol. The van der Waals surface area contributed by atoms with Gasteiger partial charge in [0.05, 0.1) is 0 Å². The summed E-state index contributed by atoms with van der Waals surface area (Å²) >= 11 is 0. The Hall–Kier alpha value is -0.920. The van der Waals surface area contributed by atoms with Crippen LogP contribution in [0.5, 0.6) is 0 Å². The van der Waals surface area contributed by atoms with Crippen LogP contribution in [-0.4, -0.2) is 12.1 Å². The molecule has 0 heterocycles. The first-order chi connectivity index (χ1) is 5.45. The summed E-state index contributed by atoms with van der Waals surface area (Å²) in [6, 6.07) is 0. The second-order valence-electron chi connectivity index (χ2n) is 3.64. The number of ether oxygens (including phenoxy) is 1. The SMILES string of the molecule is C=CCCNC(=C)OC(C)(C)C. The molecule has 0 aliphatic rings. The summed E-state index contributed by atoms with van der Waals surface area (Å²) in [6.07, 6.45) is 2.78. The van der Waals surface area contributed by atoms with Gasteiger partial charge in [-0.15, -0.1) is 6.58 Å². The highest BCUT2D eigenvalue weighted by molar-refractivity contribution is 4.83. The van der Waals surface area contributed by atoms with Gasteiger partial charge >= 0.3 is 0 Å². The first-order valence-electron chi connectivity index (χ1n) is 4.18. The second kappa shape index (κ2) is 4.86. The van der Waals surface area contributed by atoms with E-state index in [1.165, 1.54) is 0 Å². The van der Waals surface area contributed by atoms with Gasteiger partial charge in [-0.2, -0.15) is 0 Å². The maximum absolute atomic E-state index is 5.44. The molecule has 0 atom stereocenters. The molecule has 1 N–H and O–H groups in total. The van der Waals surface area contributed by atoms with Crippen molar-refractivity contribution in [3.05, 3.63) is 25.1 Å². The molecule has 0 spiro atoms. The molecular formula is C10H19NO. The first kappa shape index (κ1) is 11.1. The lowest BCUT2D eigenvalue weighted by atomic mass is 10.2. The van der Waals surface area contributed by atoms with E-state index in [-0.39, 0.29) is 5.60 Å². The third-order valence-corrected chi connectivity index (χ3v) is 1.10. The van der Waals surface area contributed by atoms with E-state index in [2.05, 4.69) is 18.5 Å². The monoisotopic (exact) mass is 169 g/mol. The fourth-order valence-corrected chi connectivity index (χ4v) is 0.719. The normalized spacial score (nSPS) is 10.6. The molecule has 0 aliphatic carbocycles. The Morgan fingerprint density at radius 2 is 2.08 bits per heavy atom. The van der Waals surface area contributed by atoms with Crippen molar-refractivity contribution in [3.63, 3.8) is 0 Å². The average molecular weight is 169 g/mol. The van der Waals surface area contributed by atoms with Crippen LogP contribution in [0.2, 0.25) is 0 Å². The molecule has 2 heteroatoms. The maximum Gasteiger partial charge on any atom is 0.179 e. The van der Waals surface area contributed by atoms with Gasteiger partial charge in [-0.25, -0.2) is 0 Å². The van der Waals surface area contributed by atoms with E-state index in [4.69, 9.17) is 4.74 Å². The molecule has 0 saturated carbocycles. The van der Waals surface area contributed by atoms with Crippen molar-refractivity contribution in [1.82, 2.24) is 5.32 Å². The van der Waals surface area contributed by atoms with E-state index >= 15 is 0 Å². The summed E-state index contributed by atoms with van der Waals surface area (Å²) in [5.41, 5.74) is -0.168. The van der Waals surface area contributed by atoms with Gasteiger partial charge < -0.3 is 10.1 Å². The van der Waals surface area contributed by atoms with Crippen molar-refractivity contribution >= 4 is 0 Å². The highest BCUT2D eigenvalue weighted by Crippen LogP contribution is 2.09.